The molecular weight excluding hydrogens is 366 g/mol. The molecule has 3 rings (SSSR count). The number of benzene rings is 1. The first-order chi connectivity index (χ1) is 12.9. The Morgan fingerprint density at radius 2 is 1.81 bits per heavy atom. The van der Waals surface area contributed by atoms with Crippen LogP contribution in [0.3, 0.4) is 0 Å². The van der Waals surface area contributed by atoms with Crippen LogP contribution in [0.25, 0.3) is 5.65 Å². The molecule has 9 heteroatoms. The molecule has 0 saturated heterocycles. The Labute approximate surface area is 157 Å². The molecule has 2 aromatic heterocycles. The van der Waals surface area contributed by atoms with E-state index < -0.39 is 10.0 Å². The minimum atomic E-state index is -3.54. The average molecular weight is 387 g/mol. The van der Waals surface area contributed by atoms with Crippen LogP contribution in [0.1, 0.15) is 27.9 Å². The van der Waals surface area contributed by atoms with E-state index in [-0.39, 0.29) is 17.3 Å². The van der Waals surface area contributed by atoms with Crippen LogP contribution in [0.15, 0.2) is 47.8 Å². The largest absolute Gasteiger partial charge is 0.352 e. The standard InChI is InChI=1S/C18H21N5O3S/c1-13-4-6-15(7-5-13)27(25,26)22-9-3-8-19-18(24)16-11-21-23-12-14(2)10-20-17(16)23/h4-7,10-12,22H,3,8-9H2,1-2H3,(H,19,24). The summed E-state index contributed by atoms with van der Waals surface area (Å²) in [6.07, 6.45) is 5.40. The normalized spacial score (nSPS) is 11.6. The van der Waals surface area contributed by atoms with Crippen molar-refractivity contribution in [3.05, 3.63) is 59.5 Å². The molecule has 8 nitrogen and oxygen atoms in total. The number of aromatic nitrogens is 3. The van der Waals surface area contributed by atoms with Crippen molar-refractivity contribution in [2.45, 2.75) is 25.2 Å². The number of carbonyl (C=O) groups excluding carboxylic acids is 1. The fourth-order valence-electron chi connectivity index (χ4n) is 2.52. The second kappa shape index (κ2) is 7.85. The molecule has 0 unspecified atom stereocenters. The highest BCUT2D eigenvalue weighted by Gasteiger charge is 2.15. The Hall–Kier alpha value is -2.78. The van der Waals surface area contributed by atoms with Crippen LogP contribution >= 0.6 is 0 Å². The van der Waals surface area contributed by atoms with Crippen molar-refractivity contribution < 1.29 is 13.2 Å². The van der Waals surface area contributed by atoms with Crippen molar-refractivity contribution in [3.8, 4) is 0 Å². The van der Waals surface area contributed by atoms with E-state index in [2.05, 4.69) is 20.1 Å². The number of nitrogens with one attached hydrogen (secondary N) is 2. The molecule has 3 aromatic rings. The second-order valence-electron chi connectivity index (χ2n) is 6.28. The van der Waals surface area contributed by atoms with Gasteiger partial charge >= 0.3 is 0 Å². The molecule has 0 spiro atoms. The highest BCUT2D eigenvalue weighted by atomic mass is 32.2. The summed E-state index contributed by atoms with van der Waals surface area (Å²) in [6.45, 7) is 4.35. The Kier molecular flexibility index (Phi) is 5.52. The smallest absolute Gasteiger partial charge is 0.256 e. The van der Waals surface area contributed by atoms with Gasteiger partial charge < -0.3 is 5.32 Å². The Bertz CT molecular complexity index is 1060. The van der Waals surface area contributed by atoms with Gasteiger partial charge in [0.25, 0.3) is 5.91 Å². The fraction of sp³-hybridized carbons (Fsp3) is 0.278. The van der Waals surface area contributed by atoms with E-state index in [1.54, 1.807) is 41.2 Å². The topological polar surface area (TPSA) is 105 Å². The molecule has 0 aliphatic carbocycles. The van der Waals surface area contributed by atoms with Crippen molar-refractivity contribution in [2.75, 3.05) is 13.1 Å². The molecule has 0 atom stereocenters. The fourth-order valence-corrected chi connectivity index (χ4v) is 3.60. The lowest BCUT2D eigenvalue weighted by Gasteiger charge is -2.08. The molecular formula is C18H21N5O3S. The SMILES string of the molecule is Cc1ccc(S(=O)(=O)NCCCNC(=O)c2cnn3cc(C)cnc23)cc1. The first-order valence-corrected chi connectivity index (χ1v) is 10.00. The maximum absolute atomic E-state index is 12.3. The van der Waals surface area contributed by atoms with E-state index in [1.165, 1.54) is 6.20 Å². The lowest BCUT2D eigenvalue weighted by Crippen LogP contribution is -2.30. The minimum Gasteiger partial charge on any atom is -0.352 e. The molecule has 0 bridgehead atoms. The van der Waals surface area contributed by atoms with Crippen LogP contribution in [0.2, 0.25) is 0 Å². The summed E-state index contributed by atoms with van der Waals surface area (Å²) in [6, 6.07) is 6.64. The summed E-state index contributed by atoms with van der Waals surface area (Å²) in [4.78, 5) is 16.7. The molecule has 1 aromatic carbocycles. The van der Waals surface area contributed by atoms with Crippen molar-refractivity contribution in [1.29, 1.82) is 0 Å². The van der Waals surface area contributed by atoms with Gasteiger partial charge in [0, 0.05) is 25.5 Å². The van der Waals surface area contributed by atoms with Crippen molar-refractivity contribution in [3.63, 3.8) is 0 Å². The Balaban J connectivity index is 1.49. The molecule has 0 saturated carbocycles. The van der Waals surface area contributed by atoms with Gasteiger partial charge in [-0.3, -0.25) is 4.79 Å². The van der Waals surface area contributed by atoms with Crippen molar-refractivity contribution >= 4 is 21.6 Å². The van der Waals surface area contributed by atoms with Gasteiger partial charge in [-0.15, -0.1) is 0 Å². The second-order valence-corrected chi connectivity index (χ2v) is 8.04. The number of nitrogens with zero attached hydrogens (tertiary/aromatic N) is 3. The molecule has 27 heavy (non-hydrogen) atoms. The third kappa shape index (κ3) is 4.50. The number of fused-ring (bicyclic) bond motifs is 1. The quantitative estimate of drug-likeness (QED) is 0.597. The number of aryl methyl sites for hydroxylation is 2. The van der Waals surface area contributed by atoms with Gasteiger partial charge in [-0.05, 0) is 38.0 Å². The molecule has 142 valence electrons. The highest BCUT2D eigenvalue weighted by Crippen LogP contribution is 2.10. The van der Waals surface area contributed by atoms with E-state index in [1.807, 2.05) is 13.8 Å². The molecule has 1 amide bonds. The van der Waals surface area contributed by atoms with Crippen LogP contribution in [-0.4, -0.2) is 42.0 Å². The number of amides is 1. The first-order valence-electron chi connectivity index (χ1n) is 8.51. The predicted molar refractivity (Wildman–Crippen MR) is 101 cm³/mol. The summed E-state index contributed by atoms with van der Waals surface area (Å²) >= 11 is 0. The van der Waals surface area contributed by atoms with E-state index in [4.69, 9.17) is 0 Å². The minimum absolute atomic E-state index is 0.225. The molecule has 0 aliphatic rings. The third-order valence-corrected chi connectivity index (χ3v) is 5.47. The summed E-state index contributed by atoms with van der Waals surface area (Å²) in [5.41, 5.74) is 2.81. The molecule has 2 heterocycles. The zero-order chi connectivity index (χ0) is 19.4. The van der Waals surface area contributed by atoms with Crippen LogP contribution in [0.4, 0.5) is 0 Å². The van der Waals surface area contributed by atoms with Gasteiger partial charge in [0.15, 0.2) is 5.65 Å². The number of hydrogen-bond donors (Lipinski definition) is 2. The molecule has 0 radical (unpaired) electrons. The average Bonchev–Trinajstić information content (AvgIpc) is 3.04. The van der Waals surface area contributed by atoms with Gasteiger partial charge in [0.05, 0.1) is 11.1 Å². The van der Waals surface area contributed by atoms with E-state index in [0.717, 1.165) is 11.1 Å². The number of carbonyl (C=O) groups is 1. The maximum atomic E-state index is 12.3. The van der Waals surface area contributed by atoms with E-state index in [9.17, 15) is 13.2 Å². The summed E-state index contributed by atoms with van der Waals surface area (Å²) in [5, 5.41) is 6.88. The van der Waals surface area contributed by atoms with Crippen LogP contribution in [-0.2, 0) is 10.0 Å². The van der Waals surface area contributed by atoms with Gasteiger partial charge in [0.1, 0.15) is 5.56 Å². The van der Waals surface area contributed by atoms with Gasteiger partial charge in [-0.1, -0.05) is 17.7 Å². The van der Waals surface area contributed by atoms with Gasteiger partial charge in [-0.25, -0.2) is 22.6 Å². The van der Waals surface area contributed by atoms with Crippen molar-refractivity contribution in [1.82, 2.24) is 24.6 Å². The lowest BCUT2D eigenvalue weighted by atomic mass is 10.2. The van der Waals surface area contributed by atoms with Gasteiger partial charge in [0.2, 0.25) is 10.0 Å². The Morgan fingerprint density at radius 3 is 2.56 bits per heavy atom. The number of hydrogen-bond acceptors (Lipinski definition) is 5. The predicted octanol–water partition coefficient (Wildman–Crippen LogP) is 1.44. The van der Waals surface area contributed by atoms with E-state index >= 15 is 0 Å². The van der Waals surface area contributed by atoms with Crippen molar-refractivity contribution in [2.24, 2.45) is 0 Å². The summed E-state index contributed by atoms with van der Waals surface area (Å²) in [7, 11) is -3.54. The molecule has 2 N–H and O–H groups in total. The van der Waals surface area contributed by atoms with Gasteiger partial charge in [-0.2, -0.15) is 5.10 Å². The summed E-state index contributed by atoms with van der Waals surface area (Å²) < 4.78 is 28.5. The highest BCUT2D eigenvalue weighted by molar-refractivity contribution is 7.89. The zero-order valence-electron chi connectivity index (χ0n) is 15.1. The van der Waals surface area contributed by atoms with Crippen LogP contribution in [0, 0.1) is 13.8 Å². The lowest BCUT2D eigenvalue weighted by molar-refractivity contribution is 0.0955. The summed E-state index contributed by atoms with van der Waals surface area (Å²) in [5.74, 6) is -0.289. The zero-order valence-corrected chi connectivity index (χ0v) is 16.0. The van der Waals surface area contributed by atoms with E-state index in [0.29, 0.717) is 24.2 Å². The Morgan fingerprint density at radius 1 is 1.07 bits per heavy atom. The third-order valence-electron chi connectivity index (χ3n) is 3.99. The number of sulfonamides is 1. The van der Waals surface area contributed by atoms with Crippen LogP contribution < -0.4 is 10.0 Å². The molecule has 0 aliphatic heterocycles. The number of rotatable bonds is 7. The molecule has 0 fully saturated rings. The first kappa shape index (κ1) is 19.0. The van der Waals surface area contributed by atoms with Crippen LogP contribution in [0.5, 0.6) is 0 Å². The maximum Gasteiger partial charge on any atom is 0.256 e. The monoisotopic (exact) mass is 387 g/mol.